The van der Waals surface area contributed by atoms with Crippen LogP contribution in [0.2, 0.25) is 0 Å². The minimum Gasteiger partial charge on any atom is -0.486 e. The van der Waals surface area contributed by atoms with Gasteiger partial charge in [0, 0.05) is 13.0 Å². The Morgan fingerprint density at radius 1 is 1.46 bits per heavy atom. The summed E-state index contributed by atoms with van der Waals surface area (Å²) in [6, 6.07) is 7.92. The van der Waals surface area contributed by atoms with Crippen LogP contribution in [0.25, 0.3) is 0 Å². The highest BCUT2D eigenvalue weighted by Gasteiger charge is 2.32. The molecule has 1 fully saturated rings. The summed E-state index contributed by atoms with van der Waals surface area (Å²) in [5, 5.41) is 9.31. The number of hydrogen-bond donors (Lipinski definition) is 3. The first kappa shape index (κ1) is 16.1. The van der Waals surface area contributed by atoms with Gasteiger partial charge in [0.2, 0.25) is 5.95 Å². The molecular weight excluding hydrogens is 308 g/mol. The summed E-state index contributed by atoms with van der Waals surface area (Å²) in [7, 11) is 0. The molecule has 2 amide bonds. The van der Waals surface area contributed by atoms with E-state index >= 15 is 0 Å². The molecule has 8 nitrogen and oxygen atoms in total. The minimum absolute atomic E-state index is 0.0533. The van der Waals surface area contributed by atoms with Crippen LogP contribution in [0.3, 0.4) is 0 Å². The number of nitrogen functional groups attached to an aromatic ring is 1. The molecule has 128 valence electrons. The van der Waals surface area contributed by atoms with E-state index in [0.29, 0.717) is 31.9 Å². The van der Waals surface area contributed by atoms with E-state index in [1.807, 2.05) is 18.2 Å². The number of anilines is 1. The second kappa shape index (κ2) is 7.20. The van der Waals surface area contributed by atoms with Crippen LogP contribution in [-0.4, -0.2) is 51.9 Å². The molecule has 2 aromatic rings. The van der Waals surface area contributed by atoms with Gasteiger partial charge in [0.05, 0.1) is 13.1 Å². The van der Waals surface area contributed by atoms with E-state index in [2.05, 4.69) is 33.5 Å². The van der Waals surface area contributed by atoms with Gasteiger partial charge in [-0.05, 0) is 18.1 Å². The summed E-state index contributed by atoms with van der Waals surface area (Å²) in [5.74, 6) is 1.79. The third kappa shape index (κ3) is 3.76. The number of urea groups is 1. The molecule has 0 bridgehead atoms. The predicted octanol–water partition coefficient (Wildman–Crippen LogP) is 0.965. The van der Waals surface area contributed by atoms with Crippen molar-refractivity contribution in [1.82, 2.24) is 25.4 Å². The summed E-state index contributed by atoms with van der Waals surface area (Å²) in [6.07, 6.45) is 1.55. The predicted molar refractivity (Wildman–Crippen MR) is 89.7 cm³/mol. The number of likely N-dealkylation sites (tertiary alicyclic amines) is 1. The van der Waals surface area contributed by atoms with Gasteiger partial charge in [0.25, 0.3) is 0 Å². The third-order valence-corrected chi connectivity index (χ3v) is 3.97. The molecule has 0 unspecified atom stereocenters. The van der Waals surface area contributed by atoms with Crippen LogP contribution in [0, 0.1) is 0 Å². The zero-order valence-electron chi connectivity index (χ0n) is 13.7. The van der Waals surface area contributed by atoms with Crippen molar-refractivity contribution in [3.8, 4) is 5.75 Å². The van der Waals surface area contributed by atoms with Crippen LogP contribution in [0.4, 0.5) is 10.7 Å². The Morgan fingerprint density at radius 3 is 2.96 bits per heavy atom. The van der Waals surface area contributed by atoms with Gasteiger partial charge in [-0.15, -0.1) is 5.10 Å². The highest BCUT2D eigenvalue weighted by Crippen LogP contribution is 2.22. The van der Waals surface area contributed by atoms with Gasteiger partial charge in [-0.25, -0.2) is 4.79 Å². The van der Waals surface area contributed by atoms with Gasteiger partial charge in [-0.2, -0.15) is 4.98 Å². The van der Waals surface area contributed by atoms with Crippen molar-refractivity contribution in [2.45, 2.75) is 25.9 Å². The number of carbonyl (C=O) groups is 1. The number of amides is 2. The van der Waals surface area contributed by atoms with Crippen LogP contribution in [-0.2, 0) is 12.8 Å². The smallest absolute Gasteiger partial charge is 0.317 e. The van der Waals surface area contributed by atoms with E-state index in [-0.39, 0.29) is 18.1 Å². The van der Waals surface area contributed by atoms with E-state index in [1.165, 1.54) is 5.56 Å². The molecule has 0 saturated carbocycles. The van der Waals surface area contributed by atoms with Crippen LogP contribution in [0.15, 0.2) is 24.3 Å². The Morgan fingerprint density at radius 2 is 2.25 bits per heavy atom. The molecule has 1 aliphatic heterocycles. The monoisotopic (exact) mass is 330 g/mol. The zero-order valence-corrected chi connectivity index (χ0v) is 13.7. The van der Waals surface area contributed by atoms with Crippen LogP contribution < -0.4 is 15.8 Å². The van der Waals surface area contributed by atoms with Crippen molar-refractivity contribution in [1.29, 1.82) is 0 Å². The average molecular weight is 330 g/mol. The van der Waals surface area contributed by atoms with Crippen LogP contribution in [0.1, 0.15) is 18.3 Å². The standard InChI is InChI=1S/C16H22N6O2/c1-2-11-5-3-4-6-13(11)24-12-9-22(10-12)16(23)18-8-7-14-19-15(17)21-20-14/h3-6,12H,2,7-10H2,1H3,(H,18,23)(H3,17,19,20,21). The number of nitrogens with two attached hydrogens (primary N) is 1. The lowest BCUT2D eigenvalue weighted by Gasteiger charge is -2.39. The molecule has 0 spiro atoms. The van der Waals surface area contributed by atoms with Crippen molar-refractivity contribution in [2.24, 2.45) is 0 Å². The molecule has 1 aliphatic rings. The van der Waals surface area contributed by atoms with Gasteiger partial charge in [-0.1, -0.05) is 25.1 Å². The number of aryl methyl sites for hydroxylation is 1. The van der Waals surface area contributed by atoms with Gasteiger partial charge < -0.3 is 20.7 Å². The highest BCUT2D eigenvalue weighted by atomic mass is 16.5. The second-order valence-electron chi connectivity index (χ2n) is 5.73. The summed E-state index contributed by atoms with van der Waals surface area (Å²) in [6.45, 7) is 3.78. The second-order valence-corrected chi connectivity index (χ2v) is 5.73. The Bertz CT molecular complexity index is 695. The first-order valence-electron chi connectivity index (χ1n) is 8.09. The summed E-state index contributed by atoms with van der Waals surface area (Å²) in [4.78, 5) is 17.7. The first-order chi connectivity index (χ1) is 11.7. The number of aromatic amines is 1. The van der Waals surface area contributed by atoms with Crippen molar-refractivity contribution < 1.29 is 9.53 Å². The fourth-order valence-electron chi connectivity index (χ4n) is 2.59. The van der Waals surface area contributed by atoms with E-state index in [0.717, 1.165) is 12.2 Å². The molecule has 2 heterocycles. The minimum atomic E-state index is -0.0916. The fraction of sp³-hybridized carbons (Fsp3) is 0.438. The van der Waals surface area contributed by atoms with E-state index in [1.54, 1.807) is 4.90 Å². The maximum Gasteiger partial charge on any atom is 0.317 e. The normalized spacial score (nSPS) is 14.3. The average Bonchev–Trinajstić information content (AvgIpc) is 2.96. The molecule has 24 heavy (non-hydrogen) atoms. The molecule has 1 aromatic carbocycles. The molecule has 1 saturated heterocycles. The number of nitrogens with one attached hydrogen (secondary N) is 2. The maximum atomic E-state index is 12.0. The molecule has 0 aliphatic carbocycles. The summed E-state index contributed by atoms with van der Waals surface area (Å²) in [5.41, 5.74) is 6.61. The molecular formula is C16H22N6O2. The van der Waals surface area contributed by atoms with Gasteiger partial charge >= 0.3 is 6.03 Å². The van der Waals surface area contributed by atoms with E-state index in [4.69, 9.17) is 10.5 Å². The summed E-state index contributed by atoms with van der Waals surface area (Å²) >= 11 is 0. The van der Waals surface area contributed by atoms with Gasteiger partial charge in [-0.3, -0.25) is 5.10 Å². The Balaban J connectivity index is 1.39. The Labute approximate surface area is 140 Å². The molecule has 1 aromatic heterocycles. The van der Waals surface area contributed by atoms with Crippen molar-refractivity contribution in [2.75, 3.05) is 25.4 Å². The number of aromatic nitrogens is 3. The number of ether oxygens (including phenoxy) is 1. The first-order valence-corrected chi connectivity index (χ1v) is 8.09. The SMILES string of the molecule is CCc1ccccc1OC1CN(C(=O)NCCc2nc(N)n[nH]2)C1. The fourth-order valence-corrected chi connectivity index (χ4v) is 2.59. The zero-order chi connectivity index (χ0) is 16.9. The topological polar surface area (TPSA) is 109 Å². The number of para-hydroxylation sites is 1. The molecule has 3 rings (SSSR count). The number of rotatable bonds is 6. The quantitative estimate of drug-likeness (QED) is 0.731. The lowest BCUT2D eigenvalue weighted by atomic mass is 10.1. The highest BCUT2D eigenvalue weighted by molar-refractivity contribution is 5.75. The number of nitrogens with zero attached hydrogens (tertiary/aromatic N) is 3. The number of benzene rings is 1. The number of carbonyl (C=O) groups excluding carboxylic acids is 1. The number of hydrogen-bond acceptors (Lipinski definition) is 5. The van der Waals surface area contributed by atoms with Gasteiger partial charge in [0.1, 0.15) is 17.7 Å². The van der Waals surface area contributed by atoms with E-state index in [9.17, 15) is 4.79 Å². The summed E-state index contributed by atoms with van der Waals surface area (Å²) < 4.78 is 5.97. The van der Waals surface area contributed by atoms with E-state index < -0.39 is 0 Å². The number of H-pyrrole nitrogens is 1. The van der Waals surface area contributed by atoms with Crippen LogP contribution >= 0.6 is 0 Å². The Kier molecular flexibility index (Phi) is 4.83. The largest absolute Gasteiger partial charge is 0.486 e. The van der Waals surface area contributed by atoms with Gasteiger partial charge in [0.15, 0.2) is 0 Å². The molecule has 0 radical (unpaired) electrons. The van der Waals surface area contributed by atoms with Crippen molar-refractivity contribution in [3.05, 3.63) is 35.7 Å². The van der Waals surface area contributed by atoms with Crippen LogP contribution in [0.5, 0.6) is 5.75 Å². The molecule has 8 heteroatoms. The van der Waals surface area contributed by atoms with Crippen molar-refractivity contribution in [3.63, 3.8) is 0 Å². The van der Waals surface area contributed by atoms with Crippen molar-refractivity contribution >= 4 is 12.0 Å². The third-order valence-electron chi connectivity index (χ3n) is 3.97. The lowest BCUT2D eigenvalue weighted by molar-refractivity contribution is 0.0439. The molecule has 4 N–H and O–H groups in total. The lowest BCUT2D eigenvalue weighted by Crippen LogP contribution is -2.59. The molecule has 0 atom stereocenters. The Hall–Kier alpha value is -2.77. The maximum absolute atomic E-state index is 12.0.